The quantitative estimate of drug-likeness (QED) is 0.790. The van der Waals surface area contributed by atoms with E-state index in [0.29, 0.717) is 13.1 Å². The average molecular weight is 251 g/mol. The molecule has 2 N–H and O–H groups in total. The Balaban J connectivity index is 2.26. The molecule has 1 aliphatic rings. The second-order valence-corrected chi connectivity index (χ2v) is 4.64. The summed E-state index contributed by atoms with van der Waals surface area (Å²) in [6.07, 6.45) is -0.101. The van der Waals surface area contributed by atoms with Crippen molar-refractivity contribution in [1.82, 2.24) is 4.90 Å². The Hall–Kier alpha value is -1.75. The van der Waals surface area contributed by atoms with Crippen molar-refractivity contribution in [2.45, 2.75) is 26.1 Å². The maximum absolute atomic E-state index is 12.3. The lowest BCUT2D eigenvalue weighted by Crippen LogP contribution is -2.48. The van der Waals surface area contributed by atoms with Gasteiger partial charge in [0.1, 0.15) is 17.1 Å². The van der Waals surface area contributed by atoms with E-state index in [-0.39, 0.29) is 35.2 Å². The molecule has 1 heterocycles. The minimum atomic E-state index is -0.368. The average Bonchev–Trinajstić information content (AvgIpc) is 2.27. The molecule has 0 aromatic heterocycles. The highest BCUT2D eigenvalue weighted by Gasteiger charge is 2.29. The van der Waals surface area contributed by atoms with Crippen LogP contribution < -0.4 is 0 Å². The summed E-state index contributed by atoms with van der Waals surface area (Å²) in [4.78, 5) is 13.9. The second-order valence-electron chi connectivity index (χ2n) is 4.64. The fourth-order valence-corrected chi connectivity index (χ4v) is 2.25. The summed E-state index contributed by atoms with van der Waals surface area (Å²) in [7, 11) is 0. The maximum atomic E-state index is 12.3. The highest BCUT2D eigenvalue weighted by molar-refractivity contribution is 5.99. The zero-order valence-electron chi connectivity index (χ0n) is 10.5. The number of morpholine rings is 1. The molecule has 0 radical (unpaired) electrons. The maximum Gasteiger partial charge on any atom is 0.261 e. The van der Waals surface area contributed by atoms with Crippen LogP contribution in [0, 0.1) is 0 Å². The Kier molecular flexibility index (Phi) is 3.43. The van der Waals surface area contributed by atoms with Crippen molar-refractivity contribution < 1.29 is 19.7 Å². The van der Waals surface area contributed by atoms with Gasteiger partial charge in [-0.15, -0.1) is 0 Å². The molecule has 1 amide bonds. The predicted molar refractivity (Wildman–Crippen MR) is 65.7 cm³/mol. The van der Waals surface area contributed by atoms with Crippen LogP contribution in [0.2, 0.25) is 0 Å². The van der Waals surface area contributed by atoms with E-state index in [1.165, 1.54) is 18.2 Å². The number of ether oxygens (including phenoxy) is 1. The Morgan fingerprint density at radius 3 is 2.22 bits per heavy atom. The van der Waals surface area contributed by atoms with Crippen molar-refractivity contribution in [3.63, 3.8) is 0 Å². The molecule has 1 fully saturated rings. The van der Waals surface area contributed by atoms with Gasteiger partial charge in [0.25, 0.3) is 5.91 Å². The Morgan fingerprint density at radius 1 is 1.22 bits per heavy atom. The van der Waals surface area contributed by atoms with Crippen molar-refractivity contribution in [1.29, 1.82) is 0 Å². The van der Waals surface area contributed by atoms with E-state index < -0.39 is 0 Å². The molecule has 1 aromatic carbocycles. The molecule has 0 spiro atoms. The highest BCUT2D eigenvalue weighted by Crippen LogP contribution is 2.28. The second kappa shape index (κ2) is 4.86. The minimum Gasteiger partial charge on any atom is -0.507 e. The third-order valence-electron chi connectivity index (χ3n) is 2.94. The molecule has 5 heteroatoms. The van der Waals surface area contributed by atoms with E-state index in [4.69, 9.17) is 4.74 Å². The zero-order chi connectivity index (χ0) is 13.3. The first kappa shape index (κ1) is 12.7. The van der Waals surface area contributed by atoms with Crippen LogP contribution in [0.4, 0.5) is 0 Å². The molecule has 1 aliphatic heterocycles. The number of hydrogen-bond donors (Lipinski definition) is 2. The zero-order valence-corrected chi connectivity index (χ0v) is 10.5. The lowest BCUT2D eigenvalue weighted by atomic mass is 10.1. The Morgan fingerprint density at radius 2 is 1.72 bits per heavy atom. The van der Waals surface area contributed by atoms with Gasteiger partial charge in [-0.3, -0.25) is 4.79 Å². The SMILES string of the molecule is C[C@@H]1CN(C(=O)c2c(O)cccc2O)C[C@H](C)O1. The van der Waals surface area contributed by atoms with Gasteiger partial charge in [0.15, 0.2) is 0 Å². The largest absolute Gasteiger partial charge is 0.507 e. The van der Waals surface area contributed by atoms with Crippen LogP contribution in [0.15, 0.2) is 18.2 Å². The smallest absolute Gasteiger partial charge is 0.261 e. The number of benzene rings is 1. The van der Waals surface area contributed by atoms with Crippen molar-refractivity contribution in [2.24, 2.45) is 0 Å². The number of carbonyl (C=O) groups excluding carboxylic acids is 1. The fraction of sp³-hybridized carbons (Fsp3) is 0.462. The van der Waals surface area contributed by atoms with Crippen LogP contribution >= 0.6 is 0 Å². The molecule has 2 atom stereocenters. The summed E-state index contributed by atoms with van der Waals surface area (Å²) in [6, 6.07) is 4.27. The first-order valence-electron chi connectivity index (χ1n) is 5.94. The van der Waals surface area contributed by atoms with Crippen molar-refractivity contribution in [3.05, 3.63) is 23.8 Å². The summed E-state index contributed by atoms with van der Waals surface area (Å²) < 4.78 is 5.54. The van der Waals surface area contributed by atoms with Gasteiger partial charge in [-0.05, 0) is 26.0 Å². The molecular weight excluding hydrogens is 234 g/mol. The Labute approximate surface area is 106 Å². The summed E-state index contributed by atoms with van der Waals surface area (Å²) in [5.74, 6) is -0.772. The van der Waals surface area contributed by atoms with Crippen LogP contribution in [0.25, 0.3) is 0 Å². The normalized spacial score (nSPS) is 24.0. The van der Waals surface area contributed by atoms with Gasteiger partial charge in [0, 0.05) is 13.1 Å². The predicted octanol–water partition coefficient (Wildman–Crippen LogP) is 1.35. The van der Waals surface area contributed by atoms with Crippen molar-refractivity contribution >= 4 is 5.91 Å². The standard InChI is InChI=1S/C13H17NO4/c1-8-6-14(7-9(2)18-8)13(17)12-10(15)4-3-5-11(12)16/h3-5,8-9,15-16H,6-7H2,1-2H3/t8-,9+. The van der Waals surface area contributed by atoms with E-state index in [0.717, 1.165) is 0 Å². The number of phenolic OH excluding ortho intramolecular Hbond substituents is 2. The third-order valence-corrected chi connectivity index (χ3v) is 2.94. The molecule has 98 valence electrons. The lowest BCUT2D eigenvalue weighted by Gasteiger charge is -2.35. The highest BCUT2D eigenvalue weighted by atomic mass is 16.5. The lowest BCUT2D eigenvalue weighted by molar-refractivity contribution is -0.0587. The van der Waals surface area contributed by atoms with Gasteiger partial charge in [-0.25, -0.2) is 0 Å². The molecule has 0 unspecified atom stereocenters. The fourth-order valence-electron chi connectivity index (χ4n) is 2.25. The molecular formula is C13H17NO4. The van der Waals surface area contributed by atoms with Crippen molar-refractivity contribution in [2.75, 3.05) is 13.1 Å². The van der Waals surface area contributed by atoms with Crippen LogP contribution in [0.3, 0.4) is 0 Å². The summed E-state index contributed by atoms with van der Waals surface area (Å²) >= 11 is 0. The molecule has 0 saturated carbocycles. The van der Waals surface area contributed by atoms with Gasteiger partial charge < -0.3 is 19.8 Å². The molecule has 0 aliphatic carbocycles. The Bertz CT molecular complexity index is 430. The molecule has 18 heavy (non-hydrogen) atoms. The molecule has 5 nitrogen and oxygen atoms in total. The van der Waals surface area contributed by atoms with Gasteiger partial charge in [0.05, 0.1) is 12.2 Å². The van der Waals surface area contributed by atoms with Gasteiger partial charge in [-0.1, -0.05) is 6.07 Å². The van der Waals surface area contributed by atoms with E-state index >= 15 is 0 Å². The van der Waals surface area contributed by atoms with E-state index in [9.17, 15) is 15.0 Å². The van der Waals surface area contributed by atoms with Gasteiger partial charge in [0.2, 0.25) is 0 Å². The van der Waals surface area contributed by atoms with Crippen molar-refractivity contribution in [3.8, 4) is 11.5 Å². The number of hydrogen-bond acceptors (Lipinski definition) is 4. The summed E-state index contributed by atoms with van der Waals surface area (Å²) in [6.45, 7) is 4.69. The van der Waals surface area contributed by atoms with Gasteiger partial charge >= 0.3 is 0 Å². The van der Waals surface area contributed by atoms with Crippen LogP contribution in [-0.4, -0.2) is 46.3 Å². The number of phenols is 2. The number of amides is 1. The van der Waals surface area contributed by atoms with E-state index in [1.807, 2.05) is 13.8 Å². The first-order chi connectivity index (χ1) is 8.49. The molecule has 1 aromatic rings. The van der Waals surface area contributed by atoms with Gasteiger partial charge in [-0.2, -0.15) is 0 Å². The molecule has 1 saturated heterocycles. The van der Waals surface area contributed by atoms with E-state index in [2.05, 4.69) is 0 Å². The number of nitrogens with zero attached hydrogens (tertiary/aromatic N) is 1. The third kappa shape index (κ3) is 2.41. The monoisotopic (exact) mass is 251 g/mol. The summed E-state index contributed by atoms with van der Waals surface area (Å²) in [5, 5.41) is 19.4. The molecule has 0 bridgehead atoms. The summed E-state index contributed by atoms with van der Waals surface area (Å²) in [5.41, 5.74) is -0.0428. The van der Waals surface area contributed by atoms with Crippen LogP contribution in [0.5, 0.6) is 11.5 Å². The first-order valence-corrected chi connectivity index (χ1v) is 5.94. The topological polar surface area (TPSA) is 70.0 Å². The molecule has 2 rings (SSSR count). The number of carbonyl (C=O) groups is 1. The van der Waals surface area contributed by atoms with Crippen LogP contribution in [0.1, 0.15) is 24.2 Å². The number of aromatic hydroxyl groups is 2. The van der Waals surface area contributed by atoms with E-state index in [1.54, 1.807) is 4.90 Å². The minimum absolute atomic E-state index is 0.0428. The van der Waals surface area contributed by atoms with Crippen LogP contribution in [-0.2, 0) is 4.74 Å². The number of rotatable bonds is 1.